The first-order valence-electron chi connectivity index (χ1n) is 5.81. The zero-order valence-electron chi connectivity index (χ0n) is 10.5. The zero-order chi connectivity index (χ0) is 13.1. The van der Waals surface area contributed by atoms with E-state index in [0.717, 1.165) is 10.9 Å². The van der Waals surface area contributed by atoms with Gasteiger partial charge in [0.25, 0.3) is 0 Å². The van der Waals surface area contributed by atoms with Gasteiger partial charge in [0.2, 0.25) is 0 Å². The molecule has 1 unspecified atom stereocenters. The summed E-state index contributed by atoms with van der Waals surface area (Å²) < 4.78 is 0.842. The van der Waals surface area contributed by atoms with Crippen LogP contribution in [0.2, 0.25) is 4.34 Å². The molecule has 2 rings (SSSR count). The van der Waals surface area contributed by atoms with Crippen LogP contribution in [0.1, 0.15) is 20.7 Å². The summed E-state index contributed by atoms with van der Waals surface area (Å²) in [7, 11) is 2.11. The summed E-state index contributed by atoms with van der Waals surface area (Å²) in [5.74, 6) is 0. The summed E-state index contributed by atoms with van der Waals surface area (Å²) in [6, 6.07) is 8.64. The Balaban J connectivity index is 2.08. The van der Waals surface area contributed by atoms with Crippen molar-refractivity contribution in [3.8, 4) is 0 Å². The van der Waals surface area contributed by atoms with E-state index in [1.807, 2.05) is 17.4 Å². The van der Waals surface area contributed by atoms with Gasteiger partial charge in [0.1, 0.15) is 0 Å². The Morgan fingerprint density at radius 3 is 2.56 bits per heavy atom. The lowest BCUT2D eigenvalue weighted by molar-refractivity contribution is 0.247. The Hall–Kier alpha value is -0.390. The van der Waals surface area contributed by atoms with Gasteiger partial charge in [0.05, 0.1) is 10.4 Å². The molecule has 0 bridgehead atoms. The third kappa shape index (κ3) is 3.33. The standard InChI is InChI=1S/C13H17ClN2S2/c1-9-3-5-12(17-9)11(7-15)16(2)8-10-4-6-13(14)18-10/h3-6,11H,7-8,15H2,1-2H3. The van der Waals surface area contributed by atoms with E-state index in [1.54, 1.807) is 11.3 Å². The number of halogens is 1. The number of nitrogens with zero attached hydrogens (tertiary/aromatic N) is 1. The van der Waals surface area contributed by atoms with Crippen LogP contribution >= 0.6 is 34.3 Å². The van der Waals surface area contributed by atoms with Gasteiger partial charge in [-0.05, 0) is 38.2 Å². The highest BCUT2D eigenvalue weighted by Crippen LogP contribution is 2.29. The number of thiophene rings is 2. The van der Waals surface area contributed by atoms with Crippen molar-refractivity contribution in [3.05, 3.63) is 43.2 Å². The largest absolute Gasteiger partial charge is 0.329 e. The Morgan fingerprint density at radius 1 is 1.28 bits per heavy atom. The molecule has 2 nitrogen and oxygen atoms in total. The maximum atomic E-state index is 5.96. The summed E-state index contributed by atoms with van der Waals surface area (Å²) in [4.78, 5) is 6.22. The van der Waals surface area contributed by atoms with Crippen LogP contribution < -0.4 is 5.73 Å². The highest BCUT2D eigenvalue weighted by atomic mass is 35.5. The van der Waals surface area contributed by atoms with Gasteiger partial charge in [-0.1, -0.05) is 11.6 Å². The highest BCUT2D eigenvalue weighted by Gasteiger charge is 2.17. The molecule has 1 atom stereocenters. The molecule has 0 aliphatic carbocycles. The molecule has 0 spiro atoms. The van der Waals surface area contributed by atoms with Crippen LogP contribution in [0.5, 0.6) is 0 Å². The minimum absolute atomic E-state index is 0.282. The zero-order valence-corrected chi connectivity index (χ0v) is 12.9. The first-order chi connectivity index (χ1) is 8.60. The average Bonchev–Trinajstić information content (AvgIpc) is 2.89. The predicted octanol–water partition coefficient (Wildman–Crippen LogP) is 3.90. The van der Waals surface area contributed by atoms with E-state index in [0.29, 0.717) is 6.54 Å². The second kappa shape index (κ2) is 6.17. The molecule has 0 aliphatic rings. The Labute approximate surface area is 121 Å². The van der Waals surface area contributed by atoms with Gasteiger partial charge in [-0.25, -0.2) is 0 Å². The maximum Gasteiger partial charge on any atom is 0.0931 e. The minimum Gasteiger partial charge on any atom is -0.329 e. The summed E-state index contributed by atoms with van der Waals surface area (Å²) >= 11 is 9.41. The van der Waals surface area contributed by atoms with E-state index >= 15 is 0 Å². The van der Waals surface area contributed by atoms with Crippen LogP contribution in [0.15, 0.2) is 24.3 Å². The molecule has 2 heterocycles. The molecule has 0 aliphatic heterocycles. The lowest BCUT2D eigenvalue weighted by Crippen LogP contribution is -2.29. The van der Waals surface area contributed by atoms with E-state index in [4.69, 9.17) is 17.3 Å². The van der Waals surface area contributed by atoms with Gasteiger partial charge in [-0.2, -0.15) is 0 Å². The molecule has 0 radical (unpaired) electrons. The molecular weight excluding hydrogens is 284 g/mol. The van der Waals surface area contributed by atoms with E-state index in [9.17, 15) is 0 Å². The van der Waals surface area contributed by atoms with Gasteiger partial charge in [0.15, 0.2) is 0 Å². The SMILES string of the molecule is Cc1ccc(C(CN)N(C)Cc2ccc(Cl)s2)s1. The second-order valence-electron chi connectivity index (χ2n) is 4.32. The average molecular weight is 301 g/mol. The van der Waals surface area contributed by atoms with Crippen LogP contribution in [0, 0.1) is 6.92 Å². The summed E-state index contributed by atoms with van der Waals surface area (Å²) in [5.41, 5.74) is 5.92. The molecule has 5 heteroatoms. The van der Waals surface area contributed by atoms with Gasteiger partial charge in [0, 0.05) is 27.7 Å². The number of hydrogen-bond acceptors (Lipinski definition) is 4. The van der Waals surface area contributed by atoms with Gasteiger partial charge >= 0.3 is 0 Å². The molecule has 98 valence electrons. The summed E-state index contributed by atoms with van der Waals surface area (Å²) in [5, 5.41) is 0. The van der Waals surface area contributed by atoms with Gasteiger partial charge in [-0.15, -0.1) is 22.7 Å². The highest BCUT2D eigenvalue weighted by molar-refractivity contribution is 7.16. The Bertz CT molecular complexity index is 507. The number of likely N-dealkylation sites (N-methyl/N-ethyl adjacent to an activating group) is 1. The smallest absolute Gasteiger partial charge is 0.0931 e. The van der Waals surface area contributed by atoms with Crippen molar-refractivity contribution in [2.45, 2.75) is 19.5 Å². The van der Waals surface area contributed by atoms with Gasteiger partial charge < -0.3 is 5.73 Å². The second-order valence-corrected chi connectivity index (χ2v) is 7.44. The van der Waals surface area contributed by atoms with Crippen molar-refractivity contribution in [2.75, 3.05) is 13.6 Å². The van der Waals surface area contributed by atoms with Crippen molar-refractivity contribution in [2.24, 2.45) is 5.73 Å². The number of aryl methyl sites for hydroxylation is 1. The third-order valence-electron chi connectivity index (χ3n) is 2.88. The van der Waals surface area contributed by atoms with Crippen molar-refractivity contribution in [3.63, 3.8) is 0 Å². The lowest BCUT2D eigenvalue weighted by atomic mass is 10.2. The van der Waals surface area contributed by atoms with Crippen molar-refractivity contribution >= 4 is 34.3 Å². The molecule has 2 N–H and O–H groups in total. The van der Waals surface area contributed by atoms with E-state index < -0.39 is 0 Å². The van der Waals surface area contributed by atoms with E-state index in [-0.39, 0.29) is 6.04 Å². The lowest BCUT2D eigenvalue weighted by Gasteiger charge is -2.25. The fraction of sp³-hybridized carbons (Fsp3) is 0.385. The normalized spacial score (nSPS) is 13.2. The molecular formula is C13H17ClN2S2. The fourth-order valence-corrected chi connectivity index (χ4v) is 4.15. The maximum absolute atomic E-state index is 5.96. The first kappa shape index (κ1) is 14.0. The number of rotatable bonds is 5. The monoisotopic (exact) mass is 300 g/mol. The predicted molar refractivity (Wildman–Crippen MR) is 81.6 cm³/mol. The molecule has 0 amide bonds. The van der Waals surface area contributed by atoms with Crippen molar-refractivity contribution in [1.29, 1.82) is 0 Å². The van der Waals surface area contributed by atoms with Crippen LogP contribution in [0.4, 0.5) is 0 Å². The molecule has 0 saturated heterocycles. The first-order valence-corrected chi connectivity index (χ1v) is 7.82. The van der Waals surface area contributed by atoms with Crippen molar-refractivity contribution < 1.29 is 0 Å². The Kier molecular flexibility index (Phi) is 4.81. The summed E-state index contributed by atoms with van der Waals surface area (Å²) in [6.07, 6.45) is 0. The molecule has 18 heavy (non-hydrogen) atoms. The topological polar surface area (TPSA) is 29.3 Å². The fourth-order valence-electron chi connectivity index (χ4n) is 1.94. The quantitative estimate of drug-likeness (QED) is 0.907. The van der Waals surface area contributed by atoms with Crippen molar-refractivity contribution in [1.82, 2.24) is 4.90 Å². The molecule has 2 aromatic heterocycles. The van der Waals surface area contributed by atoms with E-state index in [2.05, 4.69) is 37.1 Å². The minimum atomic E-state index is 0.282. The third-order valence-corrected chi connectivity index (χ3v) is 5.20. The van der Waals surface area contributed by atoms with Crippen LogP contribution in [-0.2, 0) is 6.54 Å². The number of nitrogens with two attached hydrogens (primary N) is 1. The number of hydrogen-bond donors (Lipinski definition) is 1. The molecule has 2 aromatic rings. The van der Waals surface area contributed by atoms with Crippen LogP contribution in [0.25, 0.3) is 0 Å². The molecule has 0 aromatic carbocycles. The molecule has 0 fully saturated rings. The molecule has 0 saturated carbocycles. The van der Waals surface area contributed by atoms with Crippen LogP contribution in [0.3, 0.4) is 0 Å². The van der Waals surface area contributed by atoms with E-state index in [1.165, 1.54) is 14.6 Å². The van der Waals surface area contributed by atoms with Crippen LogP contribution in [-0.4, -0.2) is 18.5 Å². The summed E-state index contributed by atoms with van der Waals surface area (Å²) in [6.45, 7) is 3.65. The van der Waals surface area contributed by atoms with Gasteiger partial charge in [-0.3, -0.25) is 4.90 Å². The Morgan fingerprint density at radius 2 is 2.06 bits per heavy atom.